The van der Waals surface area contributed by atoms with E-state index in [0.29, 0.717) is 32.5 Å². The zero-order valence-electron chi connectivity index (χ0n) is 25.3. The minimum absolute atomic E-state index is 0.0621. The van der Waals surface area contributed by atoms with E-state index in [4.69, 9.17) is 0 Å². The first-order valence-corrected chi connectivity index (χ1v) is 15.8. The second-order valence-corrected chi connectivity index (χ2v) is 14.7. The Morgan fingerprint density at radius 2 is 1.76 bits per heavy atom. The molecule has 3 aliphatic rings. The third-order valence-corrected chi connectivity index (χ3v) is 11.2. The Bertz CT molecular complexity index is 1160. The monoisotopic (exact) mass is 581 g/mol. The van der Waals surface area contributed by atoms with Gasteiger partial charge in [-0.2, -0.15) is 0 Å². The highest BCUT2D eigenvalue weighted by atomic mass is 32.2. The number of benzene rings is 1. The van der Waals surface area contributed by atoms with E-state index >= 15 is 0 Å². The summed E-state index contributed by atoms with van der Waals surface area (Å²) in [5, 5.41) is 10.6. The number of aliphatic hydroxyl groups excluding tert-OH is 1. The summed E-state index contributed by atoms with van der Waals surface area (Å²) < 4.78 is -1.19. The van der Waals surface area contributed by atoms with Gasteiger partial charge in [-0.3, -0.25) is 14.4 Å². The number of rotatable bonds is 13. The molecule has 3 amide bonds. The molecule has 0 radical (unpaired) electrons. The van der Waals surface area contributed by atoms with E-state index in [1.54, 1.807) is 38.6 Å². The van der Waals surface area contributed by atoms with Gasteiger partial charge in [-0.25, -0.2) is 0 Å². The number of aliphatic hydroxyl groups is 1. The maximum atomic E-state index is 14.6. The van der Waals surface area contributed by atoms with E-state index in [1.165, 1.54) is 0 Å². The van der Waals surface area contributed by atoms with Crippen LogP contribution in [0.1, 0.15) is 59.4 Å². The highest BCUT2D eigenvalue weighted by Gasteiger charge is 2.78. The fourth-order valence-corrected chi connectivity index (χ4v) is 9.80. The van der Waals surface area contributed by atoms with Crippen molar-refractivity contribution in [3.8, 4) is 0 Å². The van der Waals surface area contributed by atoms with E-state index in [1.807, 2.05) is 44.2 Å². The first kappa shape index (κ1) is 31.4. The van der Waals surface area contributed by atoms with Crippen LogP contribution in [0.2, 0.25) is 0 Å². The molecule has 4 rings (SSSR count). The molecule has 0 saturated carbocycles. The van der Waals surface area contributed by atoms with Crippen molar-refractivity contribution in [3.63, 3.8) is 0 Å². The average Bonchev–Trinajstić information content (AvgIpc) is 3.50. The Morgan fingerprint density at radius 3 is 2.32 bits per heavy atom. The SMILES string of the molecule is C=CCN(Cc1ccccc1)C(=O)[C@@H]1[C@H]2C(=O)N([C@@H](CO)CC(C)C)C(C(=O)N(CC=C)C(C)C)C23CC[C@@]1(C)S3. The molecule has 41 heavy (non-hydrogen) atoms. The van der Waals surface area contributed by atoms with Crippen LogP contribution in [0.4, 0.5) is 0 Å². The Morgan fingerprint density at radius 1 is 1.10 bits per heavy atom. The molecule has 3 saturated heterocycles. The van der Waals surface area contributed by atoms with Gasteiger partial charge >= 0.3 is 0 Å². The number of hydrogen-bond donors (Lipinski definition) is 1. The Hall–Kier alpha value is -2.58. The lowest BCUT2D eigenvalue weighted by atomic mass is 9.66. The van der Waals surface area contributed by atoms with Crippen LogP contribution in [0.15, 0.2) is 55.6 Å². The molecule has 224 valence electrons. The zero-order valence-corrected chi connectivity index (χ0v) is 26.1. The minimum Gasteiger partial charge on any atom is -0.394 e. The van der Waals surface area contributed by atoms with Crippen LogP contribution in [-0.2, 0) is 20.9 Å². The van der Waals surface area contributed by atoms with Gasteiger partial charge in [0.05, 0.1) is 29.2 Å². The van der Waals surface area contributed by atoms with E-state index in [2.05, 4.69) is 33.9 Å². The molecule has 6 atom stereocenters. The molecule has 1 spiro atoms. The predicted molar refractivity (Wildman–Crippen MR) is 165 cm³/mol. The maximum Gasteiger partial charge on any atom is 0.247 e. The van der Waals surface area contributed by atoms with Crippen molar-refractivity contribution in [2.45, 2.75) is 88.0 Å². The second kappa shape index (κ2) is 12.3. The predicted octanol–water partition coefficient (Wildman–Crippen LogP) is 4.51. The summed E-state index contributed by atoms with van der Waals surface area (Å²) in [6.45, 7) is 18.9. The molecular formula is C33H47N3O4S. The van der Waals surface area contributed by atoms with Gasteiger partial charge in [0, 0.05) is 30.4 Å². The number of hydrogen-bond acceptors (Lipinski definition) is 5. The molecule has 8 heteroatoms. The highest BCUT2D eigenvalue weighted by molar-refractivity contribution is 8.02. The molecule has 1 N–H and O–H groups in total. The van der Waals surface area contributed by atoms with Gasteiger partial charge in [-0.05, 0) is 51.5 Å². The lowest BCUT2D eigenvalue weighted by Crippen LogP contribution is -2.58. The standard InChI is InChI=1S/C33H47N3O4S/c1-8-17-34(20-24-13-11-10-12-14-24)29(38)26-27-30(39)36(25(21-37)19-22(3)4)28(31(40)35(18-9-2)23(5)6)33(27)16-15-32(26,7)41-33/h8-14,22-23,25-28,37H,1-2,15-21H2,3-7H3/t25-,26+,27+,28?,32-,33?/m1/s1. The lowest BCUT2D eigenvalue weighted by molar-refractivity contribution is -0.148. The molecule has 3 aliphatic heterocycles. The molecule has 2 bridgehead atoms. The minimum atomic E-state index is -0.746. The van der Waals surface area contributed by atoms with Crippen LogP contribution >= 0.6 is 11.8 Å². The summed E-state index contributed by atoms with van der Waals surface area (Å²) in [4.78, 5) is 48.9. The van der Waals surface area contributed by atoms with Crippen LogP contribution in [0.5, 0.6) is 0 Å². The van der Waals surface area contributed by atoms with Gasteiger partial charge in [-0.1, -0.05) is 56.3 Å². The van der Waals surface area contributed by atoms with Crippen molar-refractivity contribution in [2.75, 3.05) is 19.7 Å². The highest BCUT2D eigenvalue weighted by Crippen LogP contribution is 2.72. The lowest BCUT2D eigenvalue weighted by Gasteiger charge is -2.41. The number of thioether (sulfide) groups is 1. The Balaban J connectivity index is 1.80. The summed E-state index contributed by atoms with van der Waals surface area (Å²) in [6, 6.07) is 8.53. The van der Waals surface area contributed by atoms with Crippen molar-refractivity contribution >= 4 is 29.5 Å². The fourth-order valence-electron chi connectivity index (χ4n) is 7.47. The van der Waals surface area contributed by atoms with Gasteiger partial charge < -0.3 is 19.8 Å². The normalized spacial score (nSPS) is 29.1. The maximum absolute atomic E-state index is 14.6. The van der Waals surface area contributed by atoms with Gasteiger partial charge in [0.25, 0.3) is 0 Å². The van der Waals surface area contributed by atoms with Crippen LogP contribution in [0.3, 0.4) is 0 Å². The molecule has 0 aromatic heterocycles. The smallest absolute Gasteiger partial charge is 0.247 e. The second-order valence-electron chi connectivity index (χ2n) is 12.8. The quantitative estimate of drug-likeness (QED) is 0.347. The third-order valence-electron chi connectivity index (χ3n) is 9.17. The van der Waals surface area contributed by atoms with Crippen molar-refractivity contribution in [2.24, 2.45) is 17.8 Å². The summed E-state index contributed by atoms with van der Waals surface area (Å²) in [5.74, 6) is -1.32. The van der Waals surface area contributed by atoms with Gasteiger partial charge in [0.2, 0.25) is 17.7 Å². The van der Waals surface area contributed by atoms with Crippen LogP contribution < -0.4 is 0 Å². The molecule has 3 fully saturated rings. The number of carbonyl (C=O) groups excluding carboxylic acids is 3. The largest absolute Gasteiger partial charge is 0.394 e. The van der Waals surface area contributed by atoms with Crippen LogP contribution in [0.25, 0.3) is 0 Å². The van der Waals surface area contributed by atoms with Crippen molar-refractivity contribution in [1.82, 2.24) is 14.7 Å². The summed E-state index contributed by atoms with van der Waals surface area (Å²) in [7, 11) is 0. The summed E-state index contributed by atoms with van der Waals surface area (Å²) >= 11 is 1.68. The van der Waals surface area contributed by atoms with Gasteiger partial charge in [-0.15, -0.1) is 24.9 Å². The van der Waals surface area contributed by atoms with Crippen molar-refractivity contribution in [1.29, 1.82) is 0 Å². The molecule has 2 unspecified atom stereocenters. The summed E-state index contributed by atoms with van der Waals surface area (Å²) in [5.41, 5.74) is 1.01. The molecule has 1 aromatic carbocycles. The van der Waals surface area contributed by atoms with Gasteiger partial charge in [0.15, 0.2) is 0 Å². The third kappa shape index (κ3) is 5.50. The number of nitrogens with zero attached hydrogens (tertiary/aromatic N) is 3. The Labute approximate surface area is 250 Å². The molecule has 0 aliphatic carbocycles. The number of carbonyl (C=O) groups is 3. The zero-order chi connectivity index (χ0) is 30.1. The Kier molecular flexibility index (Phi) is 9.44. The molecular weight excluding hydrogens is 534 g/mol. The summed E-state index contributed by atoms with van der Waals surface area (Å²) in [6.07, 6.45) is 5.46. The molecule has 3 heterocycles. The first-order valence-electron chi connectivity index (χ1n) is 14.9. The fraction of sp³-hybridized carbons (Fsp3) is 0.606. The van der Waals surface area contributed by atoms with Crippen LogP contribution in [-0.4, -0.2) is 84.8 Å². The van der Waals surface area contributed by atoms with E-state index in [9.17, 15) is 19.5 Å². The first-order chi connectivity index (χ1) is 19.5. The van der Waals surface area contributed by atoms with Crippen LogP contribution in [0, 0.1) is 17.8 Å². The molecule has 7 nitrogen and oxygen atoms in total. The van der Waals surface area contributed by atoms with E-state index in [0.717, 1.165) is 12.0 Å². The number of fused-ring (bicyclic) bond motifs is 1. The number of amides is 3. The molecule has 1 aromatic rings. The average molecular weight is 582 g/mol. The topological polar surface area (TPSA) is 81.2 Å². The van der Waals surface area contributed by atoms with Crippen molar-refractivity contribution < 1.29 is 19.5 Å². The van der Waals surface area contributed by atoms with E-state index in [-0.39, 0.29) is 36.3 Å². The van der Waals surface area contributed by atoms with E-state index < -0.39 is 33.4 Å². The van der Waals surface area contributed by atoms with Gasteiger partial charge in [0.1, 0.15) is 6.04 Å². The van der Waals surface area contributed by atoms with Crippen molar-refractivity contribution in [3.05, 3.63) is 61.2 Å². The number of likely N-dealkylation sites (tertiary alicyclic amines) is 1.